The second kappa shape index (κ2) is 8.66. The molecule has 0 spiro atoms. The highest BCUT2D eigenvalue weighted by molar-refractivity contribution is 7.99. The molecule has 0 fully saturated rings. The molecular weight excluding hydrogens is 396 g/mol. The van der Waals surface area contributed by atoms with Crippen LogP contribution in [0.1, 0.15) is 31.3 Å². The summed E-state index contributed by atoms with van der Waals surface area (Å²) in [7, 11) is 1.62. The summed E-state index contributed by atoms with van der Waals surface area (Å²) in [5.74, 6) is 0.303. The second-order valence-electron chi connectivity index (χ2n) is 6.67. The number of pyridine rings is 1. The number of H-pyrrole nitrogens is 1. The summed E-state index contributed by atoms with van der Waals surface area (Å²) in [5.41, 5.74) is -0.352. The maximum absolute atomic E-state index is 12.8. The predicted molar refractivity (Wildman–Crippen MR) is 107 cm³/mol. The maximum Gasteiger partial charge on any atom is 0.358 e. The zero-order valence-corrected chi connectivity index (χ0v) is 17.6. The van der Waals surface area contributed by atoms with E-state index in [4.69, 9.17) is 9.47 Å². The van der Waals surface area contributed by atoms with E-state index in [1.54, 1.807) is 7.11 Å². The van der Waals surface area contributed by atoms with Crippen LogP contribution in [0.5, 0.6) is 5.75 Å². The van der Waals surface area contributed by atoms with Crippen molar-refractivity contribution in [1.29, 1.82) is 0 Å². The third-order valence-corrected chi connectivity index (χ3v) is 5.19. The maximum atomic E-state index is 12.8. The fourth-order valence-electron chi connectivity index (χ4n) is 2.15. The minimum absolute atomic E-state index is 0.264. The normalized spacial score (nSPS) is 11.3. The first-order valence-corrected chi connectivity index (χ1v) is 10.1. The van der Waals surface area contributed by atoms with Gasteiger partial charge in [0, 0.05) is 9.79 Å². The first-order valence-electron chi connectivity index (χ1n) is 8.44. The van der Waals surface area contributed by atoms with Crippen molar-refractivity contribution in [1.82, 2.24) is 20.2 Å². The van der Waals surface area contributed by atoms with Gasteiger partial charge in [0.15, 0.2) is 10.9 Å². The largest absolute Gasteiger partial charge is 0.497 e. The molecule has 0 unspecified atom stereocenters. The Kier molecular flexibility index (Phi) is 6.25. The molecule has 28 heavy (non-hydrogen) atoms. The van der Waals surface area contributed by atoms with Crippen molar-refractivity contribution < 1.29 is 14.3 Å². The van der Waals surface area contributed by atoms with Crippen molar-refractivity contribution in [3.8, 4) is 5.75 Å². The van der Waals surface area contributed by atoms with Gasteiger partial charge in [-0.05, 0) is 68.9 Å². The molecule has 3 aromatic rings. The summed E-state index contributed by atoms with van der Waals surface area (Å²) < 4.78 is 10.7. The Morgan fingerprint density at radius 1 is 1.07 bits per heavy atom. The molecule has 0 bridgehead atoms. The molecule has 0 aliphatic carbocycles. The molecule has 7 nitrogen and oxygen atoms in total. The van der Waals surface area contributed by atoms with Crippen LogP contribution in [0.3, 0.4) is 0 Å². The number of carbonyl (C=O) groups is 1. The van der Waals surface area contributed by atoms with E-state index < -0.39 is 11.6 Å². The van der Waals surface area contributed by atoms with Crippen LogP contribution in [0.25, 0.3) is 0 Å². The Bertz CT molecular complexity index is 939. The number of hydrogen-bond donors (Lipinski definition) is 1. The Labute approximate surface area is 171 Å². The first-order chi connectivity index (χ1) is 13.3. The van der Waals surface area contributed by atoms with E-state index in [0.29, 0.717) is 15.1 Å². The lowest BCUT2D eigenvalue weighted by atomic mass is 10.2. The number of carbonyl (C=O) groups excluding carboxylic acids is 1. The molecule has 9 heteroatoms. The van der Waals surface area contributed by atoms with Crippen LogP contribution in [-0.2, 0) is 4.74 Å². The number of ether oxygens (including phenoxy) is 2. The van der Waals surface area contributed by atoms with Crippen molar-refractivity contribution in [2.75, 3.05) is 7.11 Å². The highest BCUT2D eigenvalue weighted by Gasteiger charge is 2.23. The second-order valence-corrected chi connectivity index (χ2v) is 8.80. The number of methoxy groups -OCH3 is 1. The van der Waals surface area contributed by atoms with Crippen LogP contribution in [0.4, 0.5) is 0 Å². The van der Waals surface area contributed by atoms with Crippen molar-refractivity contribution in [2.45, 2.75) is 46.3 Å². The van der Waals surface area contributed by atoms with Crippen LogP contribution in [0.15, 0.2) is 62.7 Å². The average molecular weight is 417 g/mol. The van der Waals surface area contributed by atoms with Crippen LogP contribution in [-0.4, -0.2) is 38.8 Å². The molecular formula is C19H20N4O3S2. The van der Waals surface area contributed by atoms with Crippen molar-refractivity contribution >= 4 is 29.5 Å². The Morgan fingerprint density at radius 2 is 1.82 bits per heavy atom. The standard InChI is InChI=1S/C19H20N4O3S2/c1-19(2,3)26-17(24)16-14(27-13-7-5-12(25-4)6-8-13)9-10-15(22-16)28-18-20-11-21-23-18/h5-11H,1-4H3,(H,20,21,23). The molecule has 1 aromatic carbocycles. The monoisotopic (exact) mass is 416 g/mol. The number of aromatic amines is 1. The van der Waals surface area contributed by atoms with Crippen molar-refractivity contribution in [3.63, 3.8) is 0 Å². The molecule has 2 aromatic heterocycles. The fourth-order valence-corrected chi connectivity index (χ4v) is 3.71. The topological polar surface area (TPSA) is 90.0 Å². The number of nitrogens with zero attached hydrogens (tertiary/aromatic N) is 3. The van der Waals surface area contributed by atoms with E-state index >= 15 is 0 Å². The minimum Gasteiger partial charge on any atom is -0.497 e. The van der Waals surface area contributed by atoms with Crippen LogP contribution in [0.2, 0.25) is 0 Å². The molecule has 0 aliphatic rings. The van der Waals surface area contributed by atoms with Gasteiger partial charge in [0.25, 0.3) is 0 Å². The van der Waals surface area contributed by atoms with E-state index in [1.165, 1.54) is 29.9 Å². The van der Waals surface area contributed by atoms with Gasteiger partial charge >= 0.3 is 5.97 Å². The third kappa shape index (κ3) is 5.49. The molecule has 2 heterocycles. The van der Waals surface area contributed by atoms with Crippen LogP contribution in [0, 0.1) is 0 Å². The molecule has 0 aliphatic heterocycles. The van der Waals surface area contributed by atoms with E-state index in [-0.39, 0.29) is 5.69 Å². The number of aromatic nitrogens is 4. The molecule has 0 amide bonds. The summed E-state index contributed by atoms with van der Waals surface area (Å²) in [5, 5.41) is 8.91. The molecule has 0 saturated heterocycles. The lowest BCUT2D eigenvalue weighted by Gasteiger charge is -2.20. The lowest BCUT2D eigenvalue weighted by molar-refractivity contribution is 0.00576. The Hall–Kier alpha value is -2.52. The van der Waals surface area contributed by atoms with Crippen LogP contribution < -0.4 is 4.74 Å². The van der Waals surface area contributed by atoms with E-state index in [2.05, 4.69) is 20.2 Å². The van der Waals surface area contributed by atoms with Gasteiger partial charge in [-0.2, -0.15) is 0 Å². The van der Waals surface area contributed by atoms with Gasteiger partial charge in [-0.1, -0.05) is 11.8 Å². The minimum atomic E-state index is -0.616. The number of benzene rings is 1. The van der Waals surface area contributed by atoms with Gasteiger partial charge in [0.2, 0.25) is 0 Å². The van der Waals surface area contributed by atoms with Gasteiger partial charge < -0.3 is 14.5 Å². The molecule has 3 rings (SSSR count). The summed E-state index contributed by atoms with van der Waals surface area (Å²) in [4.78, 5) is 21.9. The molecule has 0 radical (unpaired) electrons. The number of rotatable bonds is 6. The fraction of sp³-hybridized carbons (Fsp3) is 0.263. The van der Waals surface area contributed by atoms with E-state index in [0.717, 1.165) is 10.6 Å². The molecule has 0 saturated carbocycles. The number of esters is 1. The van der Waals surface area contributed by atoms with Gasteiger partial charge in [-0.25, -0.2) is 9.78 Å². The van der Waals surface area contributed by atoms with E-state index in [1.807, 2.05) is 57.2 Å². The Balaban J connectivity index is 1.91. The SMILES string of the molecule is COc1ccc(Sc2ccc(Sc3nnc[nH]3)nc2C(=O)OC(C)(C)C)cc1. The molecule has 146 valence electrons. The number of nitrogens with one attached hydrogen (secondary N) is 1. The highest BCUT2D eigenvalue weighted by Crippen LogP contribution is 2.34. The highest BCUT2D eigenvalue weighted by atomic mass is 32.2. The van der Waals surface area contributed by atoms with Gasteiger partial charge in [-0.15, -0.1) is 10.2 Å². The quantitative estimate of drug-likeness (QED) is 0.589. The summed E-state index contributed by atoms with van der Waals surface area (Å²) in [6.45, 7) is 5.48. The smallest absolute Gasteiger partial charge is 0.358 e. The van der Waals surface area contributed by atoms with Gasteiger partial charge in [-0.3, -0.25) is 0 Å². The third-order valence-electron chi connectivity index (χ3n) is 3.31. The molecule has 1 N–H and O–H groups in total. The zero-order chi connectivity index (χ0) is 20.1. The summed E-state index contributed by atoms with van der Waals surface area (Å²) in [6, 6.07) is 11.3. The van der Waals surface area contributed by atoms with E-state index in [9.17, 15) is 4.79 Å². The van der Waals surface area contributed by atoms with Gasteiger partial charge in [0.05, 0.1) is 7.11 Å². The number of hydrogen-bond acceptors (Lipinski definition) is 8. The van der Waals surface area contributed by atoms with Crippen molar-refractivity contribution in [3.05, 3.63) is 48.4 Å². The summed E-state index contributed by atoms with van der Waals surface area (Å²) >= 11 is 2.73. The average Bonchev–Trinajstić information content (AvgIpc) is 3.15. The lowest BCUT2D eigenvalue weighted by Crippen LogP contribution is -2.25. The Morgan fingerprint density at radius 3 is 2.43 bits per heavy atom. The van der Waals surface area contributed by atoms with Gasteiger partial charge in [0.1, 0.15) is 22.7 Å². The summed E-state index contributed by atoms with van der Waals surface area (Å²) in [6.07, 6.45) is 1.49. The first kappa shape index (κ1) is 20.2. The predicted octanol–water partition coefficient (Wildman–Crippen LogP) is 4.47. The molecule has 0 atom stereocenters. The zero-order valence-electron chi connectivity index (χ0n) is 15.9. The van der Waals surface area contributed by atoms with Crippen molar-refractivity contribution in [2.24, 2.45) is 0 Å². The van der Waals surface area contributed by atoms with Crippen LogP contribution >= 0.6 is 23.5 Å².